The summed E-state index contributed by atoms with van der Waals surface area (Å²) in [6.07, 6.45) is 6.04. The minimum atomic E-state index is 0.322. The van der Waals surface area contributed by atoms with Crippen molar-refractivity contribution >= 4 is 5.91 Å². The first-order valence-electron chi connectivity index (χ1n) is 8.74. The Labute approximate surface area is 134 Å². The lowest BCUT2D eigenvalue weighted by atomic mass is 9.97. The summed E-state index contributed by atoms with van der Waals surface area (Å²) >= 11 is 0. The highest BCUT2D eigenvalue weighted by molar-refractivity contribution is 5.79. The Kier molecular flexibility index (Phi) is 4.82. The molecule has 0 aromatic heterocycles. The zero-order valence-electron chi connectivity index (χ0n) is 13.9. The van der Waals surface area contributed by atoms with Gasteiger partial charge in [-0.25, -0.2) is 0 Å². The van der Waals surface area contributed by atoms with Gasteiger partial charge in [0.05, 0.1) is 6.54 Å². The first-order chi connectivity index (χ1) is 10.6. The fraction of sp³-hybridized carbons (Fsp3) is 0.632. The molecule has 120 valence electrons. The largest absolute Gasteiger partial charge is 0.336 e. The van der Waals surface area contributed by atoms with Crippen molar-refractivity contribution in [1.29, 1.82) is 0 Å². The summed E-state index contributed by atoms with van der Waals surface area (Å²) in [5, 5.41) is 0. The number of benzene rings is 1. The predicted octanol–water partition coefficient (Wildman–Crippen LogP) is 3.44. The molecular weight excluding hydrogens is 272 g/mol. The van der Waals surface area contributed by atoms with Crippen molar-refractivity contribution in [3.05, 3.63) is 35.9 Å². The molecule has 2 fully saturated rings. The molecule has 1 aromatic carbocycles. The van der Waals surface area contributed by atoms with Crippen molar-refractivity contribution in [2.24, 2.45) is 0 Å². The van der Waals surface area contributed by atoms with Crippen LogP contribution in [-0.2, 0) is 11.3 Å². The molecule has 1 saturated carbocycles. The van der Waals surface area contributed by atoms with Gasteiger partial charge in [-0.3, -0.25) is 9.69 Å². The Morgan fingerprint density at radius 1 is 1.09 bits per heavy atom. The van der Waals surface area contributed by atoms with Crippen molar-refractivity contribution in [1.82, 2.24) is 9.80 Å². The lowest BCUT2D eigenvalue weighted by Crippen LogP contribution is -2.51. The predicted molar refractivity (Wildman–Crippen MR) is 89.5 cm³/mol. The summed E-state index contributed by atoms with van der Waals surface area (Å²) in [6.45, 7) is 5.88. The summed E-state index contributed by atoms with van der Waals surface area (Å²) in [4.78, 5) is 17.4. The normalized spacial score (nSPS) is 25.5. The van der Waals surface area contributed by atoms with Gasteiger partial charge < -0.3 is 4.90 Å². The van der Waals surface area contributed by atoms with Crippen molar-refractivity contribution in [2.75, 3.05) is 6.54 Å². The van der Waals surface area contributed by atoms with E-state index in [1.807, 2.05) is 6.07 Å². The van der Waals surface area contributed by atoms with Gasteiger partial charge in [-0.15, -0.1) is 0 Å². The van der Waals surface area contributed by atoms with Crippen LogP contribution in [-0.4, -0.2) is 40.4 Å². The molecule has 0 bridgehead atoms. The second kappa shape index (κ2) is 6.82. The Morgan fingerprint density at radius 2 is 1.73 bits per heavy atom. The highest BCUT2D eigenvalue weighted by Gasteiger charge is 2.34. The molecule has 2 unspecified atom stereocenters. The molecule has 3 heteroatoms. The van der Waals surface area contributed by atoms with Crippen LogP contribution in [0.3, 0.4) is 0 Å². The molecule has 0 radical (unpaired) electrons. The molecule has 1 amide bonds. The van der Waals surface area contributed by atoms with E-state index in [9.17, 15) is 4.79 Å². The zero-order chi connectivity index (χ0) is 15.5. The molecule has 0 spiro atoms. The molecule has 3 nitrogen and oxygen atoms in total. The Hall–Kier alpha value is -1.35. The van der Waals surface area contributed by atoms with E-state index in [4.69, 9.17) is 0 Å². The molecule has 1 aliphatic heterocycles. The second-order valence-corrected chi connectivity index (χ2v) is 7.05. The summed E-state index contributed by atoms with van der Waals surface area (Å²) in [7, 11) is 0. The van der Waals surface area contributed by atoms with E-state index in [-0.39, 0.29) is 0 Å². The first-order valence-corrected chi connectivity index (χ1v) is 8.74. The maximum absolute atomic E-state index is 12.8. The third-order valence-corrected chi connectivity index (χ3v) is 5.11. The number of amides is 1. The highest BCUT2D eigenvalue weighted by Crippen LogP contribution is 2.29. The van der Waals surface area contributed by atoms with Crippen molar-refractivity contribution in [2.45, 2.75) is 70.6 Å². The van der Waals surface area contributed by atoms with E-state index in [2.05, 4.69) is 47.9 Å². The van der Waals surface area contributed by atoms with Gasteiger partial charge >= 0.3 is 0 Å². The van der Waals surface area contributed by atoms with E-state index in [1.165, 1.54) is 24.8 Å². The van der Waals surface area contributed by atoms with Gasteiger partial charge in [-0.05, 0) is 51.5 Å². The van der Waals surface area contributed by atoms with Crippen molar-refractivity contribution in [3.8, 4) is 0 Å². The topological polar surface area (TPSA) is 23.6 Å². The maximum Gasteiger partial charge on any atom is 0.237 e. The van der Waals surface area contributed by atoms with Crippen LogP contribution >= 0.6 is 0 Å². The second-order valence-electron chi connectivity index (χ2n) is 7.05. The Morgan fingerprint density at radius 3 is 2.32 bits per heavy atom. The molecule has 1 saturated heterocycles. The van der Waals surface area contributed by atoms with Gasteiger partial charge in [-0.1, -0.05) is 30.3 Å². The summed E-state index contributed by atoms with van der Waals surface area (Å²) in [5.74, 6) is 0.322. The van der Waals surface area contributed by atoms with Crippen LogP contribution in [0.1, 0.15) is 51.5 Å². The number of carbonyl (C=O) groups excluding carboxylic acids is 1. The number of carbonyl (C=O) groups is 1. The molecule has 1 aliphatic carbocycles. The molecule has 1 heterocycles. The van der Waals surface area contributed by atoms with Gasteiger partial charge in [0.15, 0.2) is 0 Å². The Bertz CT molecular complexity index is 487. The molecule has 2 aliphatic rings. The fourth-order valence-corrected chi connectivity index (χ4v) is 3.74. The van der Waals surface area contributed by atoms with Gasteiger partial charge in [0.25, 0.3) is 0 Å². The molecule has 0 N–H and O–H groups in total. The third-order valence-electron chi connectivity index (χ3n) is 5.11. The average molecular weight is 300 g/mol. The Balaban J connectivity index is 1.64. The van der Waals surface area contributed by atoms with Crippen LogP contribution in [0.25, 0.3) is 0 Å². The quantitative estimate of drug-likeness (QED) is 0.831. The van der Waals surface area contributed by atoms with Crippen molar-refractivity contribution < 1.29 is 4.79 Å². The first kappa shape index (κ1) is 15.5. The summed E-state index contributed by atoms with van der Waals surface area (Å²) < 4.78 is 0. The highest BCUT2D eigenvalue weighted by atomic mass is 16.2. The number of nitrogens with zero attached hydrogens (tertiary/aromatic N) is 2. The smallest absolute Gasteiger partial charge is 0.237 e. The monoisotopic (exact) mass is 300 g/mol. The van der Waals surface area contributed by atoms with Crippen LogP contribution in [0.15, 0.2) is 30.3 Å². The van der Waals surface area contributed by atoms with E-state index in [0.717, 1.165) is 19.4 Å². The number of hydrogen-bond acceptors (Lipinski definition) is 2. The lowest BCUT2D eigenvalue weighted by Gasteiger charge is -2.40. The van der Waals surface area contributed by atoms with Gasteiger partial charge in [-0.2, -0.15) is 0 Å². The molecule has 2 atom stereocenters. The zero-order valence-corrected chi connectivity index (χ0v) is 13.9. The van der Waals surface area contributed by atoms with Crippen LogP contribution in [0.2, 0.25) is 0 Å². The average Bonchev–Trinajstić information content (AvgIpc) is 3.32. The molecule has 3 rings (SSSR count). The summed E-state index contributed by atoms with van der Waals surface area (Å²) in [6, 6.07) is 11.9. The fourth-order valence-electron chi connectivity index (χ4n) is 3.74. The molecular formula is C19H28N2O. The van der Waals surface area contributed by atoms with Crippen molar-refractivity contribution in [3.63, 3.8) is 0 Å². The minimum Gasteiger partial charge on any atom is -0.336 e. The third kappa shape index (κ3) is 3.70. The number of piperidine rings is 1. The van der Waals surface area contributed by atoms with Gasteiger partial charge in [0, 0.05) is 24.7 Å². The molecule has 1 aromatic rings. The van der Waals surface area contributed by atoms with Crippen LogP contribution in [0.5, 0.6) is 0 Å². The van der Waals surface area contributed by atoms with Crippen LogP contribution in [0, 0.1) is 0 Å². The van der Waals surface area contributed by atoms with E-state index in [0.29, 0.717) is 30.6 Å². The standard InChI is InChI=1S/C19H28N2O/c1-15-7-6-8-16(2)21(15)19(22)14-20(18-11-12-18)13-17-9-4-3-5-10-17/h3-5,9-10,15-16,18H,6-8,11-14H2,1-2H3. The van der Waals surface area contributed by atoms with E-state index >= 15 is 0 Å². The minimum absolute atomic E-state index is 0.322. The lowest BCUT2D eigenvalue weighted by molar-refractivity contribution is -0.138. The van der Waals surface area contributed by atoms with Gasteiger partial charge in [0.2, 0.25) is 5.91 Å². The van der Waals surface area contributed by atoms with Crippen LogP contribution < -0.4 is 0 Å². The maximum atomic E-state index is 12.8. The number of likely N-dealkylation sites (tertiary alicyclic amines) is 1. The van der Waals surface area contributed by atoms with E-state index < -0.39 is 0 Å². The summed E-state index contributed by atoms with van der Waals surface area (Å²) in [5.41, 5.74) is 1.31. The van der Waals surface area contributed by atoms with E-state index in [1.54, 1.807) is 0 Å². The van der Waals surface area contributed by atoms with Gasteiger partial charge in [0.1, 0.15) is 0 Å². The number of rotatable bonds is 5. The molecule has 22 heavy (non-hydrogen) atoms. The number of hydrogen-bond donors (Lipinski definition) is 0. The van der Waals surface area contributed by atoms with Crippen LogP contribution in [0.4, 0.5) is 0 Å². The SMILES string of the molecule is CC1CCCC(C)N1C(=O)CN(Cc1ccccc1)C1CC1.